The first kappa shape index (κ1) is 12.6. The Morgan fingerprint density at radius 2 is 2.00 bits per heavy atom. The maximum absolute atomic E-state index is 12.4. The number of anilines is 1. The number of hydroxylamine groups is 2. The van der Waals surface area contributed by atoms with Gasteiger partial charge in [-0.2, -0.15) is 0 Å². The standard InChI is InChI=1S/C13H12N3O4/c1-14-8-4-2-3-7-10(8)13(19)16(11(7)17)9-5-6-15(20)12(9)18/h2-4,9,14H,5-6H2,1H3/q-1. The molecule has 3 amide bonds. The summed E-state index contributed by atoms with van der Waals surface area (Å²) in [6.07, 6.45) is 0.183. The summed E-state index contributed by atoms with van der Waals surface area (Å²) in [5.74, 6) is -1.77. The van der Waals surface area contributed by atoms with Gasteiger partial charge in [-0.05, 0) is 18.6 Å². The molecule has 1 N–H and O–H groups in total. The molecule has 0 aromatic heterocycles. The highest BCUT2D eigenvalue weighted by Gasteiger charge is 2.45. The molecule has 0 aliphatic carbocycles. The van der Waals surface area contributed by atoms with Gasteiger partial charge in [-0.25, -0.2) is 0 Å². The molecule has 0 saturated carbocycles. The number of hydrogen-bond donors (Lipinski definition) is 1. The van der Waals surface area contributed by atoms with Crippen LogP contribution in [0.3, 0.4) is 0 Å². The second-order valence-electron chi connectivity index (χ2n) is 4.70. The van der Waals surface area contributed by atoms with Crippen molar-refractivity contribution in [1.29, 1.82) is 0 Å². The summed E-state index contributed by atoms with van der Waals surface area (Å²) < 4.78 is 0. The quantitative estimate of drug-likeness (QED) is 0.789. The summed E-state index contributed by atoms with van der Waals surface area (Å²) >= 11 is 0. The number of carbonyl (C=O) groups is 3. The van der Waals surface area contributed by atoms with Crippen LogP contribution in [-0.2, 0) is 4.79 Å². The van der Waals surface area contributed by atoms with Gasteiger partial charge in [-0.1, -0.05) is 6.07 Å². The molecular weight excluding hydrogens is 262 g/mol. The van der Waals surface area contributed by atoms with Crippen LogP contribution in [0, 0.1) is 5.21 Å². The molecule has 0 radical (unpaired) electrons. The lowest BCUT2D eigenvalue weighted by Crippen LogP contribution is -2.44. The largest absolute Gasteiger partial charge is 0.756 e. The Hall–Kier alpha value is -2.41. The lowest BCUT2D eigenvalue weighted by atomic mass is 10.1. The Balaban J connectivity index is 2.04. The van der Waals surface area contributed by atoms with E-state index in [1.165, 1.54) is 0 Å². The summed E-state index contributed by atoms with van der Waals surface area (Å²) in [5.41, 5.74) is 1.06. The highest BCUT2D eigenvalue weighted by atomic mass is 16.5. The maximum atomic E-state index is 12.4. The minimum Gasteiger partial charge on any atom is -0.756 e. The van der Waals surface area contributed by atoms with Crippen molar-refractivity contribution in [3.05, 3.63) is 34.5 Å². The van der Waals surface area contributed by atoms with Crippen molar-refractivity contribution in [2.24, 2.45) is 0 Å². The van der Waals surface area contributed by atoms with Gasteiger partial charge in [0.25, 0.3) is 11.8 Å². The number of amides is 3. The van der Waals surface area contributed by atoms with Crippen molar-refractivity contribution >= 4 is 23.4 Å². The van der Waals surface area contributed by atoms with Gasteiger partial charge in [0, 0.05) is 19.3 Å². The molecule has 1 aromatic carbocycles. The fraction of sp³-hybridized carbons (Fsp3) is 0.308. The van der Waals surface area contributed by atoms with Gasteiger partial charge >= 0.3 is 0 Å². The van der Waals surface area contributed by atoms with Gasteiger partial charge in [0.1, 0.15) is 6.04 Å². The normalized spacial score (nSPS) is 21.7. The van der Waals surface area contributed by atoms with E-state index >= 15 is 0 Å². The molecule has 2 aliphatic rings. The van der Waals surface area contributed by atoms with E-state index in [0.717, 1.165) is 4.90 Å². The second-order valence-corrected chi connectivity index (χ2v) is 4.70. The van der Waals surface area contributed by atoms with Crippen LogP contribution in [0.4, 0.5) is 5.69 Å². The zero-order valence-corrected chi connectivity index (χ0v) is 10.8. The highest BCUT2D eigenvalue weighted by molar-refractivity contribution is 6.25. The molecule has 7 nitrogen and oxygen atoms in total. The van der Waals surface area contributed by atoms with Crippen molar-refractivity contribution in [1.82, 2.24) is 9.96 Å². The summed E-state index contributed by atoms with van der Waals surface area (Å²) in [6, 6.07) is 3.91. The van der Waals surface area contributed by atoms with Crippen LogP contribution < -0.4 is 5.32 Å². The summed E-state index contributed by atoms with van der Waals surface area (Å²) in [6.45, 7) is 0.00971. The molecule has 7 heteroatoms. The average Bonchev–Trinajstić information content (AvgIpc) is 2.90. The van der Waals surface area contributed by atoms with Gasteiger partial charge in [0.05, 0.1) is 11.1 Å². The first-order valence-corrected chi connectivity index (χ1v) is 6.23. The van der Waals surface area contributed by atoms with Gasteiger partial charge in [0.15, 0.2) is 0 Å². The Morgan fingerprint density at radius 1 is 1.25 bits per heavy atom. The number of nitrogens with one attached hydrogen (secondary N) is 1. The van der Waals surface area contributed by atoms with Crippen LogP contribution in [0.25, 0.3) is 0 Å². The number of hydrogen-bond acceptors (Lipinski definition) is 5. The third-order valence-electron chi connectivity index (χ3n) is 3.66. The Morgan fingerprint density at radius 3 is 2.60 bits per heavy atom. The number of benzene rings is 1. The fourth-order valence-corrected chi connectivity index (χ4v) is 2.67. The molecule has 0 spiro atoms. The third-order valence-corrected chi connectivity index (χ3v) is 3.66. The molecule has 0 bridgehead atoms. The zero-order chi connectivity index (χ0) is 14.4. The smallest absolute Gasteiger partial charge is 0.264 e. The van der Waals surface area contributed by atoms with E-state index in [2.05, 4.69) is 5.32 Å². The first-order chi connectivity index (χ1) is 9.56. The maximum Gasteiger partial charge on any atom is 0.264 e. The number of fused-ring (bicyclic) bond motifs is 1. The first-order valence-electron chi connectivity index (χ1n) is 6.23. The Bertz CT molecular complexity index is 628. The monoisotopic (exact) mass is 274 g/mol. The molecule has 104 valence electrons. The summed E-state index contributed by atoms with van der Waals surface area (Å²) in [4.78, 5) is 37.4. The molecular formula is C13H12N3O4-. The van der Waals surface area contributed by atoms with Crippen LogP contribution in [0.1, 0.15) is 27.1 Å². The number of nitrogens with zero attached hydrogens (tertiary/aromatic N) is 2. The predicted octanol–water partition coefficient (Wildman–Crippen LogP) is 0.423. The molecule has 1 fully saturated rings. The molecule has 1 unspecified atom stereocenters. The number of rotatable bonds is 2. The van der Waals surface area contributed by atoms with E-state index in [9.17, 15) is 19.6 Å². The predicted molar refractivity (Wildman–Crippen MR) is 70.0 cm³/mol. The molecule has 20 heavy (non-hydrogen) atoms. The highest BCUT2D eigenvalue weighted by Crippen LogP contribution is 2.32. The average molecular weight is 274 g/mol. The van der Waals surface area contributed by atoms with Crippen LogP contribution in [-0.4, -0.2) is 47.3 Å². The van der Waals surface area contributed by atoms with E-state index in [4.69, 9.17) is 0 Å². The lowest BCUT2D eigenvalue weighted by Gasteiger charge is -2.24. The van der Waals surface area contributed by atoms with Crippen molar-refractivity contribution in [2.75, 3.05) is 18.9 Å². The molecule has 1 atom stereocenters. The van der Waals surface area contributed by atoms with Crippen LogP contribution >= 0.6 is 0 Å². The van der Waals surface area contributed by atoms with Crippen molar-refractivity contribution in [3.63, 3.8) is 0 Å². The lowest BCUT2D eigenvalue weighted by molar-refractivity contribution is -0.128. The van der Waals surface area contributed by atoms with Crippen LogP contribution in [0.15, 0.2) is 18.2 Å². The van der Waals surface area contributed by atoms with Crippen molar-refractivity contribution < 1.29 is 14.4 Å². The number of carbonyl (C=O) groups excluding carboxylic acids is 3. The van der Waals surface area contributed by atoms with E-state index in [1.54, 1.807) is 25.2 Å². The Kier molecular flexibility index (Phi) is 2.72. The molecule has 1 saturated heterocycles. The SMILES string of the molecule is CNc1cccc2c1C(=O)N(C1CCN([O-])C1=O)C2=O. The van der Waals surface area contributed by atoms with Crippen molar-refractivity contribution in [3.8, 4) is 0 Å². The van der Waals surface area contributed by atoms with Crippen LogP contribution in [0.5, 0.6) is 0 Å². The third kappa shape index (κ3) is 1.53. The topological polar surface area (TPSA) is 92.8 Å². The molecule has 1 aromatic rings. The van der Waals surface area contributed by atoms with E-state index < -0.39 is 23.8 Å². The van der Waals surface area contributed by atoms with Gasteiger partial charge in [-0.3, -0.25) is 19.3 Å². The second kappa shape index (κ2) is 4.31. The molecule has 3 rings (SSSR count). The minimum atomic E-state index is -0.982. The Labute approximate surface area is 114 Å². The van der Waals surface area contributed by atoms with Crippen molar-refractivity contribution in [2.45, 2.75) is 12.5 Å². The zero-order valence-electron chi connectivity index (χ0n) is 10.8. The molecule has 2 aliphatic heterocycles. The number of imide groups is 1. The molecule has 2 heterocycles. The van der Waals surface area contributed by atoms with E-state index in [-0.39, 0.29) is 24.1 Å². The van der Waals surface area contributed by atoms with Crippen LogP contribution in [0.2, 0.25) is 0 Å². The summed E-state index contributed by atoms with van der Waals surface area (Å²) in [5, 5.41) is 14.4. The van der Waals surface area contributed by atoms with E-state index in [1.807, 2.05) is 0 Å². The van der Waals surface area contributed by atoms with E-state index in [0.29, 0.717) is 10.8 Å². The fourth-order valence-electron chi connectivity index (χ4n) is 2.67. The van der Waals surface area contributed by atoms with Gasteiger partial charge in [0.2, 0.25) is 5.91 Å². The summed E-state index contributed by atoms with van der Waals surface area (Å²) in [7, 11) is 1.65. The van der Waals surface area contributed by atoms with Gasteiger partial charge in [-0.15, -0.1) is 0 Å². The minimum absolute atomic E-state index is 0.00971. The van der Waals surface area contributed by atoms with Gasteiger partial charge < -0.3 is 15.6 Å².